The second-order valence-electron chi connectivity index (χ2n) is 4.84. The normalized spacial score (nSPS) is 12.9. The van der Waals surface area contributed by atoms with Gasteiger partial charge >= 0.3 is 6.47 Å². The summed E-state index contributed by atoms with van der Waals surface area (Å²) in [5.41, 5.74) is -0.358. The lowest BCUT2D eigenvalue weighted by Gasteiger charge is -2.18. The van der Waals surface area contributed by atoms with E-state index in [1.807, 2.05) is 31.1 Å². The highest BCUT2D eigenvalue weighted by atomic mass is 32.2. The van der Waals surface area contributed by atoms with E-state index in [1.54, 1.807) is 18.2 Å². The molecule has 0 amide bonds. The maximum Gasteiger partial charge on any atom is 0.418 e. The van der Waals surface area contributed by atoms with Crippen LogP contribution >= 0.6 is 0 Å². The van der Waals surface area contributed by atoms with Gasteiger partial charge < -0.3 is 9.64 Å². The minimum atomic E-state index is -3.77. The van der Waals surface area contributed by atoms with Gasteiger partial charge in [-0.05, 0) is 19.1 Å². The third kappa shape index (κ3) is 2.71. The summed E-state index contributed by atoms with van der Waals surface area (Å²) in [6.45, 7) is 2.50. The summed E-state index contributed by atoms with van der Waals surface area (Å²) >= 11 is 0. The van der Waals surface area contributed by atoms with Crippen molar-refractivity contribution in [1.82, 2.24) is 0 Å². The van der Waals surface area contributed by atoms with Crippen molar-refractivity contribution >= 4 is 32.8 Å². The van der Waals surface area contributed by atoms with Crippen molar-refractivity contribution in [1.29, 1.82) is 0 Å². The van der Waals surface area contributed by atoms with E-state index in [0.29, 0.717) is 5.39 Å². The molecule has 0 spiro atoms. The molecule has 1 unspecified atom stereocenters. The molecule has 1 atom stereocenters. The summed E-state index contributed by atoms with van der Waals surface area (Å²) in [6.07, 6.45) is 0. The first kappa shape index (κ1) is 15.3. The van der Waals surface area contributed by atoms with Gasteiger partial charge in [-0.2, -0.15) is 0 Å². The summed E-state index contributed by atoms with van der Waals surface area (Å²) in [6, 6.07) is 10.5. The molecule has 0 bridgehead atoms. The first-order valence-electron chi connectivity index (χ1n) is 6.35. The van der Waals surface area contributed by atoms with Crippen LogP contribution in [0.1, 0.15) is 6.92 Å². The molecule has 0 aromatic heterocycles. The molecule has 6 heteroatoms. The van der Waals surface area contributed by atoms with Crippen LogP contribution in [0.4, 0.5) is 5.69 Å². The quantitative estimate of drug-likeness (QED) is 0.846. The van der Waals surface area contributed by atoms with Crippen molar-refractivity contribution in [3.05, 3.63) is 36.4 Å². The van der Waals surface area contributed by atoms with Gasteiger partial charge in [-0.3, -0.25) is 0 Å². The zero-order valence-corrected chi connectivity index (χ0v) is 12.8. The molecule has 0 aliphatic rings. The Morgan fingerprint density at radius 2 is 1.71 bits per heavy atom. The molecule has 0 aliphatic heterocycles. The van der Waals surface area contributed by atoms with E-state index in [1.165, 1.54) is 19.5 Å². The van der Waals surface area contributed by atoms with Crippen LogP contribution in [0, 0.1) is 0 Å². The third-order valence-corrected chi connectivity index (χ3v) is 5.24. The van der Waals surface area contributed by atoms with Gasteiger partial charge in [-0.15, -0.1) is 0 Å². The number of sulfone groups is 1. The Morgan fingerprint density at radius 1 is 1.10 bits per heavy atom. The second-order valence-corrected chi connectivity index (χ2v) is 7.03. The lowest BCUT2D eigenvalue weighted by Crippen LogP contribution is -2.21. The Bertz CT molecular complexity index is 768. The molecule has 5 nitrogen and oxygen atoms in total. The molecule has 0 saturated heterocycles. The van der Waals surface area contributed by atoms with Crippen LogP contribution in [0.3, 0.4) is 0 Å². The van der Waals surface area contributed by atoms with Crippen molar-refractivity contribution < 1.29 is 17.9 Å². The van der Waals surface area contributed by atoms with E-state index >= 15 is 0 Å². The SMILES string of the molecule is CC(O[C]=O)S(=O)(=O)c1cccc2c(N(C)C)cccc12. The molecule has 2 aromatic rings. The topological polar surface area (TPSA) is 63.7 Å². The summed E-state index contributed by atoms with van der Waals surface area (Å²) in [5, 5.41) is 1.43. The Morgan fingerprint density at radius 3 is 2.33 bits per heavy atom. The average molecular weight is 306 g/mol. The number of hydrogen-bond donors (Lipinski definition) is 0. The van der Waals surface area contributed by atoms with E-state index in [9.17, 15) is 13.2 Å². The van der Waals surface area contributed by atoms with Crippen molar-refractivity contribution in [2.75, 3.05) is 19.0 Å². The molecule has 21 heavy (non-hydrogen) atoms. The van der Waals surface area contributed by atoms with Crippen LogP contribution in [0.25, 0.3) is 10.8 Å². The number of hydrogen-bond acceptors (Lipinski definition) is 5. The van der Waals surface area contributed by atoms with E-state index in [2.05, 4.69) is 4.74 Å². The molecule has 0 heterocycles. The number of fused-ring (bicyclic) bond motifs is 1. The van der Waals surface area contributed by atoms with Crippen LogP contribution in [0.2, 0.25) is 0 Å². The number of nitrogens with zero attached hydrogens (tertiary/aromatic N) is 1. The van der Waals surface area contributed by atoms with Crippen LogP contribution in [-0.2, 0) is 19.4 Å². The largest absolute Gasteiger partial charge is 0.437 e. The fraction of sp³-hybridized carbons (Fsp3) is 0.267. The minimum absolute atomic E-state index is 0.145. The van der Waals surface area contributed by atoms with E-state index in [-0.39, 0.29) is 4.90 Å². The molecular formula is C15H16NO4S. The van der Waals surface area contributed by atoms with Gasteiger partial charge in [0.05, 0.1) is 4.90 Å². The maximum atomic E-state index is 12.5. The van der Waals surface area contributed by atoms with E-state index < -0.39 is 15.3 Å². The molecule has 2 rings (SSSR count). The van der Waals surface area contributed by atoms with E-state index in [0.717, 1.165) is 11.1 Å². The van der Waals surface area contributed by atoms with Crippen LogP contribution in [0.5, 0.6) is 0 Å². The van der Waals surface area contributed by atoms with Crippen molar-refractivity contribution in [3.8, 4) is 0 Å². The van der Waals surface area contributed by atoms with Crippen molar-refractivity contribution in [2.24, 2.45) is 0 Å². The molecular weight excluding hydrogens is 290 g/mol. The summed E-state index contributed by atoms with van der Waals surface area (Å²) < 4.78 is 29.5. The predicted octanol–water partition coefficient (Wildman–Crippen LogP) is 2.11. The summed E-state index contributed by atoms with van der Waals surface area (Å²) in [7, 11) is 0.0104. The summed E-state index contributed by atoms with van der Waals surface area (Å²) in [5.74, 6) is 0. The molecule has 0 aliphatic carbocycles. The summed E-state index contributed by atoms with van der Waals surface area (Å²) in [4.78, 5) is 12.3. The number of anilines is 1. The number of carbonyl (C=O) groups excluding carboxylic acids is 1. The highest BCUT2D eigenvalue weighted by Gasteiger charge is 2.27. The third-order valence-electron chi connectivity index (χ3n) is 3.30. The zero-order chi connectivity index (χ0) is 15.6. The smallest absolute Gasteiger partial charge is 0.418 e. The zero-order valence-electron chi connectivity index (χ0n) is 12.0. The predicted molar refractivity (Wildman–Crippen MR) is 81.7 cm³/mol. The molecule has 0 saturated carbocycles. The van der Waals surface area contributed by atoms with Gasteiger partial charge in [-0.25, -0.2) is 13.2 Å². The van der Waals surface area contributed by atoms with E-state index in [4.69, 9.17) is 0 Å². The van der Waals surface area contributed by atoms with Gasteiger partial charge in [0.1, 0.15) is 0 Å². The van der Waals surface area contributed by atoms with Gasteiger partial charge in [0.2, 0.25) is 15.3 Å². The molecule has 1 radical (unpaired) electrons. The Kier molecular flexibility index (Phi) is 4.18. The maximum absolute atomic E-state index is 12.5. The number of rotatable bonds is 5. The fourth-order valence-electron chi connectivity index (χ4n) is 2.21. The standard InChI is InChI=1S/C15H16NO4S/c1-11(20-10-17)21(18,19)15-9-5-6-12-13(15)7-4-8-14(12)16(2)3/h4-9,11H,1-3H3. The second kappa shape index (κ2) is 5.73. The average Bonchev–Trinajstić information content (AvgIpc) is 2.45. The van der Waals surface area contributed by atoms with Crippen LogP contribution in [-0.4, -0.2) is 34.4 Å². The first-order valence-corrected chi connectivity index (χ1v) is 7.90. The molecule has 111 valence electrons. The highest BCUT2D eigenvalue weighted by molar-refractivity contribution is 7.92. The lowest BCUT2D eigenvalue weighted by atomic mass is 10.1. The fourth-order valence-corrected chi connectivity index (χ4v) is 3.49. The van der Waals surface area contributed by atoms with Gasteiger partial charge in [0.15, 0.2) is 0 Å². The van der Waals surface area contributed by atoms with Crippen LogP contribution < -0.4 is 4.90 Å². The van der Waals surface area contributed by atoms with Crippen molar-refractivity contribution in [3.63, 3.8) is 0 Å². The molecule has 0 N–H and O–H groups in total. The molecule has 0 fully saturated rings. The number of benzene rings is 2. The Hall–Kier alpha value is -2.08. The highest BCUT2D eigenvalue weighted by Crippen LogP contribution is 2.31. The van der Waals surface area contributed by atoms with Crippen LogP contribution in [0.15, 0.2) is 41.3 Å². The Balaban J connectivity index is 2.72. The van der Waals surface area contributed by atoms with Gasteiger partial charge in [0.25, 0.3) is 0 Å². The Labute approximate surface area is 124 Å². The lowest BCUT2D eigenvalue weighted by molar-refractivity contribution is 0.257. The number of ether oxygens (including phenoxy) is 1. The van der Waals surface area contributed by atoms with Crippen molar-refractivity contribution in [2.45, 2.75) is 17.3 Å². The minimum Gasteiger partial charge on any atom is -0.437 e. The van der Waals surface area contributed by atoms with Gasteiger partial charge in [-0.1, -0.05) is 24.3 Å². The first-order chi connectivity index (χ1) is 9.89. The van der Waals surface area contributed by atoms with Gasteiger partial charge in [0, 0.05) is 30.6 Å². The molecule has 2 aromatic carbocycles. The monoisotopic (exact) mass is 306 g/mol.